The maximum absolute atomic E-state index is 9.81. The van der Waals surface area contributed by atoms with E-state index >= 15 is 0 Å². The van der Waals surface area contributed by atoms with Crippen LogP contribution >= 0.6 is 7.82 Å². The molecular formula is C9H13O5P. The number of rotatable bonds is 3. The Hall–Kier alpha value is -1.13. The Labute approximate surface area is 87.9 Å². The third kappa shape index (κ3) is 10.8. The van der Waals surface area contributed by atoms with E-state index in [1.807, 2.05) is 6.07 Å². The van der Waals surface area contributed by atoms with Gasteiger partial charge >= 0.3 is 7.82 Å². The van der Waals surface area contributed by atoms with Crippen LogP contribution in [0.1, 0.15) is 0 Å². The second-order valence-electron chi connectivity index (χ2n) is 2.41. The quantitative estimate of drug-likeness (QED) is 0.545. The van der Waals surface area contributed by atoms with Crippen LogP contribution < -0.4 is 0 Å². The lowest BCUT2D eigenvalue weighted by atomic mass is 10.3. The van der Waals surface area contributed by atoms with E-state index < -0.39 is 7.82 Å². The summed E-state index contributed by atoms with van der Waals surface area (Å²) in [5.41, 5.74) is 0. The second-order valence-corrected chi connectivity index (χ2v) is 3.65. The van der Waals surface area contributed by atoms with Crippen molar-refractivity contribution in [3.63, 3.8) is 0 Å². The molecular weight excluding hydrogens is 219 g/mol. The highest BCUT2D eigenvalue weighted by molar-refractivity contribution is 7.46. The van der Waals surface area contributed by atoms with Crippen LogP contribution in [0.3, 0.4) is 0 Å². The summed E-state index contributed by atoms with van der Waals surface area (Å²) in [6.45, 7) is 3.07. The van der Waals surface area contributed by atoms with Gasteiger partial charge in [-0.25, -0.2) is 4.57 Å². The molecule has 0 radical (unpaired) electrons. The van der Waals surface area contributed by atoms with E-state index in [-0.39, 0.29) is 6.61 Å². The van der Waals surface area contributed by atoms with Gasteiger partial charge in [0.15, 0.2) is 0 Å². The summed E-state index contributed by atoms with van der Waals surface area (Å²) < 4.78 is 13.7. The van der Waals surface area contributed by atoms with Crippen molar-refractivity contribution in [2.24, 2.45) is 0 Å². The lowest BCUT2D eigenvalue weighted by Gasteiger charge is -1.98. The first-order chi connectivity index (χ1) is 6.95. The first kappa shape index (κ1) is 13.9. The summed E-state index contributed by atoms with van der Waals surface area (Å²) in [5.74, 6) is 0.322. The summed E-state index contributed by atoms with van der Waals surface area (Å²) in [6.07, 6.45) is 1.26. The normalized spacial score (nSPS) is 10.0. The fourth-order valence-electron chi connectivity index (χ4n) is 0.578. The minimum atomic E-state index is -4.25. The van der Waals surface area contributed by atoms with Gasteiger partial charge in [-0.3, -0.25) is 4.52 Å². The average molecular weight is 232 g/mol. The van der Waals surface area contributed by atoms with Gasteiger partial charge in [0, 0.05) is 0 Å². The fourth-order valence-corrected chi connectivity index (χ4v) is 0.877. The smallest absolute Gasteiger partial charge is 0.469 e. The Morgan fingerprint density at radius 1 is 1.33 bits per heavy atom. The van der Waals surface area contributed by atoms with E-state index in [2.05, 4.69) is 11.1 Å². The van der Waals surface area contributed by atoms with E-state index in [9.17, 15) is 4.57 Å². The summed E-state index contributed by atoms with van der Waals surface area (Å²) in [6, 6.07) is 8.71. The molecule has 0 aliphatic heterocycles. The van der Waals surface area contributed by atoms with Crippen molar-refractivity contribution in [3.05, 3.63) is 43.0 Å². The van der Waals surface area contributed by atoms with Crippen molar-refractivity contribution in [2.45, 2.75) is 0 Å². The molecule has 84 valence electrons. The molecule has 3 N–H and O–H groups in total. The standard InChI is InChI=1S/C6H6O.C3H7O4P/c7-6-4-2-1-3-5-6;1-2-3-7-8(4,5)6/h1-5,7H;2H,1,3H2,(H2,4,5,6). The highest BCUT2D eigenvalue weighted by Crippen LogP contribution is 2.35. The molecule has 1 aromatic carbocycles. The fraction of sp³-hybridized carbons (Fsp3) is 0.111. The van der Waals surface area contributed by atoms with Crippen LogP contribution in [-0.4, -0.2) is 21.5 Å². The molecule has 0 bridgehead atoms. The molecule has 0 heterocycles. The Balaban J connectivity index is 0.000000262. The predicted molar refractivity (Wildman–Crippen MR) is 56.3 cm³/mol. The number of phenols is 1. The number of phosphoric acid groups is 1. The van der Waals surface area contributed by atoms with E-state index in [4.69, 9.17) is 14.9 Å². The third-order valence-corrected chi connectivity index (χ3v) is 1.60. The van der Waals surface area contributed by atoms with Crippen LogP contribution in [0, 0.1) is 0 Å². The van der Waals surface area contributed by atoms with Gasteiger partial charge in [-0.1, -0.05) is 24.3 Å². The lowest BCUT2D eigenvalue weighted by Crippen LogP contribution is -1.86. The Bertz CT molecular complexity index is 319. The van der Waals surface area contributed by atoms with Crippen LogP contribution in [0.4, 0.5) is 0 Å². The van der Waals surface area contributed by atoms with Crippen molar-refractivity contribution >= 4 is 7.82 Å². The largest absolute Gasteiger partial charge is 0.508 e. The molecule has 6 heteroatoms. The number of benzene rings is 1. The maximum atomic E-state index is 9.81. The molecule has 0 aliphatic rings. The SMILES string of the molecule is C=CCOP(=O)(O)O.Oc1ccccc1. The highest BCUT2D eigenvalue weighted by atomic mass is 31.2. The van der Waals surface area contributed by atoms with E-state index in [1.165, 1.54) is 6.08 Å². The molecule has 0 saturated heterocycles. The van der Waals surface area contributed by atoms with Gasteiger partial charge in [-0.15, -0.1) is 6.58 Å². The van der Waals surface area contributed by atoms with E-state index in [0.29, 0.717) is 5.75 Å². The van der Waals surface area contributed by atoms with Crippen molar-refractivity contribution in [3.8, 4) is 5.75 Å². The van der Waals surface area contributed by atoms with Crippen molar-refractivity contribution in [1.29, 1.82) is 0 Å². The number of aromatic hydroxyl groups is 1. The van der Waals surface area contributed by atoms with Gasteiger partial charge in [0.1, 0.15) is 5.75 Å². The number of hydrogen-bond acceptors (Lipinski definition) is 3. The Morgan fingerprint density at radius 3 is 2.07 bits per heavy atom. The highest BCUT2D eigenvalue weighted by Gasteiger charge is 2.10. The van der Waals surface area contributed by atoms with Crippen molar-refractivity contribution in [1.82, 2.24) is 0 Å². The first-order valence-corrected chi connectivity index (χ1v) is 5.53. The van der Waals surface area contributed by atoms with Crippen LogP contribution in [0.2, 0.25) is 0 Å². The molecule has 0 aliphatic carbocycles. The van der Waals surface area contributed by atoms with Crippen LogP contribution in [-0.2, 0) is 9.09 Å². The van der Waals surface area contributed by atoms with Gasteiger partial charge < -0.3 is 14.9 Å². The number of phosphoric ester groups is 1. The maximum Gasteiger partial charge on any atom is 0.469 e. The molecule has 0 saturated carbocycles. The molecule has 0 unspecified atom stereocenters. The Kier molecular flexibility index (Phi) is 6.66. The van der Waals surface area contributed by atoms with Crippen molar-refractivity contribution in [2.75, 3.05) is 6.61 Å². The number of para-hydroxylation sites is 1. The molecule has 0 aromatic heterocycles. The van der Waals surface area contributed by atoms with Gasteiger partial charge in [0.05, 0.1) is 6.61 Å². The molecule has 0 fully saturated rings. The average Bonchev–Trinajstić information content (AvgIpc) is 2.16. The lowest BCUT2D eigenvalue weighted by molar-refractivity contribution is 0.216. The van der Waals surface area contributed by atoms with Crippen LogP contribution in [0.25, 0.3) is 0 Å². The molecule has 5 nitrogen and oxygen atoms in total. The van der Waals surface area contributed by atoms with Gasteiger partial charge in [0.25, 0.3) is 0 Å². The molecule has 1 aromatic rings. The monoisotopic (exact) mass is 232 g/mol. The minimum absolute atomic E-state index is 0.121. The third-order valence-electron chi connectivity index (χ3n) is 1.12. The topological polar surface area (TPSA) is 87.0 Å². The second kappa shape index (κ2) is 7.20. The molecule has 1 rings (SSSR count). The van der Waals surface area contributed by atoms with Crippen molar-refractivity contribution < 1.29 is 24.0 Å². The molecule has 0 amide bonds. The summed E-state index contributed by atoms with van der Waals surface area (Å²) in [7, 11) is -4.25. The van der Waals surface area contributed by atoms with E-state index in [0.717, 1.165) is 0 Å². The summed E-state index contributed by atoms with van der Waals surface area (Å²) in [4.78, 5) is 16.0. The number of phenolic OH excluding ortho intramolecular Hbond substituents is 1. The molecule has 0 atom stereocenters. The minimum Gasteiger partial charge on any atom is -0.508 e. The molecule has 0 spiro atoms. The van der Waals surface area contributed by atoms with Crippen LogP contribution in [0.5, 0.6) is 5.75 Å². The van der Waals surface area contributed by atoms with Crippen LogP contribution in [0.15, 0.2) is 43.0 Å². The summed E-state index contributed by atoms with van der Waals surface area (Å²) >= 11 is 0. The van der Waals surface area contributed by atoms with Gasteiger partial charge in [-0.05, 0) is 12.1 Å². The van der Waals surface area contributed by atoms with E-state index in [1.54, 1.807) is 24.3 Å². The first-order valence-electron chi connectivity index (χ1n) is 4.00. The zero-order chi connectivity index (χ0) is 11.7. The number of hydrogen-bond donors (Lipinski definition) is 3. The Morgan fingerprint density at radius 2 is 1.87 bits per heavy atom. The van der Waals surface area contributed by atoms with Gasteiger partial charge in [-0.2, -0.15) is 0 Å². The zero-order valence-corrected chi connectivity index (χ0v) is 8.88. The van der Waals surface area contributed by atoms with Gasteiger partial charge in [0.2, 0.25) is 0 Å². The molecule has 15 heavy (non-hydrogen) atoms. The summed E-state index contributed by atoms with van der Waals surface area (Å²) in [5, 5.41) is 8.63. The zero-order valence-electron chi connectivity index (χ0n) is 7.98. The predicted octanol–water partition coefficient (Wildman–Crippen LogP) is 1.67.